The number of rotatable bonds is 16. The van der Waals surface area contributed by atoms with Crippen LogP contribution < -0.4 is 24.4 Å². The van der Waals surface area contributed by atoms with Gasteiger partial charge in [0.15, 0.2) is 0 Å². The summed E-state index contributed by atoms with van der Waals surface area (Å²) in [5, 5.41) is 3.51. The Bertz CT molecular complexity index is 1250. The fourth-order valence-corrected chi connectivity index (χ4v) is 5.77. The van der Waals surface area contributed by atoms with E-state index in [4.69, 9.17) is 23.7 Å². The maximum atomic E-state index is 13.3. The van der Waals surface area contributed by atoms with Crippen LogP contribution in [0.4, 0.5) is 10.1 Å². The number of hydrogen-bond acceptors (Lipinski definition) is 7. The van der Waals surface area contributed by atoms with Gasteiger partial charge in [-0.1, -0.05) is 24.3 Å². The summed E-state index contributed by atoms with van der Waals surface area (Å²) in [7, 11) is 1.72. The van der Waals surface area contributed by atoms with Crippen LogP contribution in [0.3, 0.4) is 0 Å². The molecule has 2 heterocycles. The monoisotopic (exact) mass is 592 g/mol. The van der Waals surface area contributed by atoms with Gasteiger partial charge >= 0.3 is 0 Å². The zero-order valence-corrected chi connectivity index (χ0v) is 25.3. The Morgan fingerprint density at radius 1 is 0.837 bits per heavy atom. The Kier molecular flexibility index (Phi) is 11.9. The maximum Gasteiger partial charge on any atom is 0.142 e. The smallest absolute Gasteiger partial charge is 0.142 e. The van der Waals surface area contributed by atoms with E-state index in [9.17, 15) is 4.39 Å². The molecule has 0 radical (unpaired) electrons. The molecule has 7 nitrogen and oxygen atoms in total. The van der Waals surface area contributed by atoms with Crippen LogP contribution in [0.2, 0.25) is 0 Å². The van der Waals surface area contributed by atoms with E-state index >= 15 is 0 Å². The molecule has 0 aromatic heterocycles. The zero-order chi connectivity index (χ0) is 29.7. The molecule has 1 N–H and O–H groups in total. The van der Waals surface area contributed by atoms with Crippen molar-refractivity contribution in [2.75, 3.05) is 64.6 Å². The summed E-state index contributed by atoms with van der Waals surface area (Å²) in [5.41, 5.74) is 3.57. The number of nitrogens with zero attached hydrogens (tertiary/aromatic N) is 1. The zero-order valence-electron chi connectivity index (χ0n) is 25.3. The SMILES string of the molecule is COCCCOc1cc(COC2CNCCC2c2ccc(OCCCOc3cccc(F)c3)cc2)ccc1N1CCCC1. The number of halogens is 1. The third-order valence-corrected chi connectivity index (χ3v) is 8.04. The number of piperidine rings is 1. The van der Waals surface area contributed by atoms with E-state index < -0.39 is 0 Å². The lowest BCUT2D eigenvalue weighted by atomic mass is 9.87. The second-order valence-electron chi connectivity index (χ2n) is 11.2. The van der Waals surface area contributed by atoms with Gasteiger partial charge in [-0.25, -0.2) is 4.39 Å². The molecule has 43 heavy (non-hydrogen) atoms. The van der Waals surface area contributed by atoms with Gasteiger partial charge in [-0.2, -0.15) is 0 Å². The minimum atomic E-state index is -0.296. The summed E-state index contributed by atoms with van der Waals surface area (Å²) in [6.45, 7) is 6.81. The quantitative estimate of drug-likeness (QED) is 0.195. The normalized spacial score (nSPS) is 18.5. The van der Waals surface area contributed by atoms with Crippen molar-refractivity contribution in [2.45, 2.75) is 50.7 Å². The summed E-state index contributed by atoms with van der Waals surface area (Å²) in [6, 6.07) is 21.1. The topological polar surface area (TPSA) is 61.4 Å². The van der Waals surface area contributed by atoms with Gasteiger partial charge < -0.3 is 33.9 Å². The fourth-order valence-electron chi connectivity index (χ4n) is 5.77. The first-order chi connectivity index (χ1) is 21.2. The molecule has 0 bridgehead atoms. The Hall–Kier alpha value is -3.33. The van der Waals surface area contributed by atoms with Crippen LogP contribution in [0.5, 0.6) is 17.2 Å². The lowest BCUT2D eigenvalue weighted by molar-refractivity contribution is 0.0105. The third kappa shape index (κ3) is 9.33. The van der Waals surface area contributed by atoms with Crippen LogP contribution in [0.25, 0.3) is 0 Å². The van der Waals surface area contributed by atoms with Gasteiger partial charge in [0.2, 0.25) is 0 Å². The molecule has 2 aliphatic heterocycles. The molecular weight excluding hydrogens is 547 g/mol. The molecule has 5 rings (SSSR count). The van der Waals surface area contributed by atoms with E-state index in [0.717, 1.165) is 56.1 Å². The highest BCUT2D eigenvalue weighted by Gasteiger charge is 2.27. The van der Waals surface area contributed by atoms with Crippen molar-refractivity contribution in [3.8, 4) is 17.2 Å². The van der Waals surface area contributed by atoms with Crippen molar-refractivity contribution in [1.29, 1.82) is 0 Å². The first-order valence-corrected chi connectivity index (χ1v) is 15.6. The molecule has 0 aliphatic carbocycles. The first kappa shape index (κ1) is 31.1. The molecule has 0 amide bonds. The number of methoxy groups -OCH3 is 1. The van der Waals surface area contributed by atoms with Crippen molar-refractivity contribution >= 4 is 5.69 Å². The number of nitrogens with one attached hydrogen (secondary N) is 1. The van der Waals surface area contributed by atoms with E-state index in [1.54, 1.807) is 19.2 Å². The highest BCUT2D eigenvalue weighted by molar-refractivity contribution is 5.60. The average Bonchev–Trinajstić information content (AvgIpc) is 3.58. The average molecular weight is 593 g/mol. The van der Waals surface area contributed by atoms with Crippen molar-refractivity contribution in [3.63, 3.8) is 0 Å². The van der Waals surface area contributed by atoms with Gasteiger partial charge in [0.25, 0.3) is 0 Å². The van der Waals surface area contributed by atoms with Crippen LogP contribution in [-0.2, 0) is 16.1 Å². The lowest BCUT2D eigenvalue weighted by Gasteiger charge is -2.32. The van der Waals surface area contributed by atoms with E-state index in [2.05, 4.69) is 40.5 Å². The Morgan fingerprint density at radius 3 is 2.40 bits per heavy atom. The molecule has 2 atom stereocenters. The molecular formula is C35H45FN2O5. The molecule has 2 saturated heterocycles. The minimum Gasteiger partial charge on any atom is -0.493 e. The van der Waals surface area contributed by atoms with Gasteiger partial charge in [0, 0.05) is 58.2 Å². The van der Waals surface area contributed by atoms with Crippen LogP contribution in [0.1, 0.15) is 49.1 Å². The fraction of sp³-hybridized carbons (Fsp3) is 0.486. The van der Waals surface area contributed by atoms with Crippen molar-refractivity contribution in [1.82, 2.24) is 5.32 Å². The standard InChI is InChI=1S/C35H45FN2O5/c1-39-19-5-22-42-34-23-27(9-14-33(34)38-17-2-3-18-38)26-43-35-25-37-16-15-32(35)28-10-12-30(13-11-28)40-20-6-21-41-31-8-4-7-29(36)24-31/h4,7-14,23-24,32,35,37H,2-3,5-6,15-22,25-26H2,1H3. The molecule has 3 aromatic carbocycles. The molecule has 3 aromatic rings. The van der Waals surface area contributed by atoms with Crippen molar-refractivity contribution in [3.05, 3.63) is 83.7 Å². The largest absolute Gasteiger partial charge is 0.493 e. The third-order valence-electron chi connectivity index (χ3n) is 8.04. The second kappa shape index (κ2) is 16.5. The Labute approximate surface area is 255 Å². The summed E-state index contributed by atoms with van der Waals surface area (Å²) < 4.78 is 42.8. The number of anilines is 1. The predicted molar refractivity (Wildman–Crippen MR) is 167 cm³/mol. The van der Waals surface area contributed by atoms with E-state index in [1.165, 1.54) is 36.2 Å². The summed E-state index contributed by atoms with van der Waals surface area (Å²) >= 11 is 0. The van der Waals surface area contributed by atoms with Gasteiger partial charge in [-0.05, 0) is 73.3 Å². The Morgan fingerprint density at radius 2 is 1.60 bits per heavy atom. The Balaban J connectivity index is 1.12. The predicted octanol–water partition coefficient (Wildman–Crippen LogP) is 6.35. The first-order valence-electron chi connectivity index (χ1n) is 15.6. The van der Waals surface area contributed by atoms with Crippen LogP contribution in [0.15, 0.2) is 66.7 Å². The molecule has 232 valence electrons. The van der Waals surface area contributed by atoms with Crippen molar-refractivity contribution < 1.29 is 28.1 Å². The van der Waals surface area contributed by atoms with E-state index in [1.807, 2.05) is 12.1 Å². The highest BCUT2D eigenvalue weighted by atomic mass is 19.1. The number of hydrogen-bond donors (Lipinski definition) is 1. The van der Waals surface area contributed by atoms with Crippen LogP contribution in [0, 0.1) is 5.82 Å². The van der Waals surface area contributed by atoms with Crippen LogP contribution in [-0.4, -0.2) is 65.8 Å². The second-order valence-corrected chi connectivity index (χ2v) is 11.2. The molecule has 8 heteroatoms. The molecule has 0 saturated carbocycles. The molecule has 0 spiro atoms. The summed E-state index contributed by atoms with van der Waals surface area (Å²) in [4.78, 5) is 2.42. The summed E-state index contributed by atoms with van der Waals surface area (Å²) in [6.07, 6.45) is 5.12. The number of ether oxygens (including phenoxy) is 5. The van der Waals surface area contributed by atoms with Gasteiger partial charge in [0.05, 0.1) is 38.2 Å². The van der Waals surface area contributed by atoms with Gasteiger partial charge in [-0.3, -0.25) is 0 Å². The molecule has 2 aliphatic rings. The molecule has 2 unspecified atom stereocenters. The van der Waals surface area contributed by atoms with Gasteiger partial charge in [-0.15, -0.1) is 0 Å². The summed E-state index contributed by atoms with van der Waals surface area (Å²) in [5.74, 6) is 2.32. The lowest BCUT2D eigenvalue weighted by Crippen LogP contribution is -2.40. The van der Waals surface area contributed by atoms with E-state index in [-0.39, 0.29) is 11.9 Å². The number of benzene rings is 3. The minimum absolute atomic E-state index is 0.0739. The van der Waals surface area contributed by atoms with E-state index in [0.29, 0.717) is 51.1 Å². The van der Waals surface area contributed by atoms with Crippen molar-refractivity contribution in [2.24, 2.45) is 0 Å². The molecule has 2 fully saturated rings. The van der Waals surface area contributed by atoms with Crippen LogP contribution >= 0.6 is 0 Å². The van der Waals surface area contributed by atoms with Gasteiger partial charge in [0.1, 0.15) is 23.1 Å². The maximum absolute atomic E-state index is 13.3. The highest BCUT2D eigenvalue weighted by Crippen LogP contribution is 2.34.